The Morgan fingerprint density at radius 3 is 2.68 bits per heavy atom. The van der Waals surface area contributed by atoms with Crippen LogP contribution in [0.3, 0.4) is 0 Å². The van der Waals surface area contributed by atoms with Crippen molar-refractivity contribution < 1.29 is 31.4 Å². The summed E-state index contributed by atoms with van der Waals surface area (Å²) in [4.78, 5) is 7.33. The average molecular weight is 571 g/mol. The summed E-state index contributed by atoms with van der Waals surface area (Å²) in [5.74, 6) is -1.52. The third kappa shape index (κ3) is 5.75. The van der Waals surface area contributed by atoms with Crippen molar-refractivity contribution in [2.24, 2.45) is 11.0 Å². The number of fused-ring (bicyclic) bond motifs is 1. The van der Waals surface area contributed by atoms with Crippen molar-refractivity contribution in [3.63, 3.8) is 0 Å². The Bertz CT molecular complexity index is 1580. The first-order valence-corrected chi connectivity index (χ1v) is 12.8. The van der Waals surface area contributed by atoms with Gasteiger partial charge >= 0.3 is 6.18 Å². The average Bonchev–Trinajstić information content (AvgIpc) is 3.63. The van der Waals surface area contributed by atoms with Crippen LogP contribution in [-0.4, -0.2) is 51.2 Å². The van der Waals surface area contributed by atoms with Crippen LogP contribution in [0.15, 0.2) is 53.6 Å². The van der Waals surface area contributed by atoms with E-state index >= 15 is 0 Å². The highest BCUT2D eigenvalue weighted by molar-refractivity contribution is 5.80. The Hall–Kier alpha value is -4.39. The molecule has 4 heterocycles. The number of benzene rings is 2. The first-order chi connectivity index (χ1) is 19.7. The number of hydrogen-bond donors (Lipinski definition) is 1. The van der Waals surface area contributed by atoms with Gasteiger partial charge in [0.1, 0.15) is 11.6 Å². The number of imidazole rings is 1. The van der Waals surface area contributed by atoms with Crippen LogP contribution in [0.5, 0.6) is 5.75 Å². The molecular formula is C28H23F5N6O2. The molecule has 0 radical (unpaired) electrons. The summed E-state index contributed by atoms with van der Waals surface area (Å²) in [6.07, 6.45) is -2.30. The summed E-state index contributed by atoms with van der Waals surface area (Å²) in [7, 11) is 0. The minimum Gasteiger partial charge on any atom is -0.493 e. The number of ether oxygens (including phenoxy) is 2. The van der Waals surface area contributed by atoms with E-state index in [4.69, 9.17) is 9.47 Å². The van der Waals surface area contributed by atoms with Gasteiger partial charge in [-0.25, -0.2) is 13.8 Å². The van der Waals surface area contributed by atoms with Crippen molar-refractivity contribution in [3.05, 3.63) is 82.8 Å². The van der Waals surface area contributed by atoms with E-state index in [1.165, 1.54) is 36.5 Å². The van der Waals surface area contributed by atoms with Crippen molar-refractivity contribution in [1.29, 1.82) is 0 Å². The molecular weight excluding hydrogens is 547 g/mol. The summed E-state index contributed by atoms with van der Waals surface area (Å²) in [6.45, 7) is 1.89. The van der Waals surface area contributed by atoms with E-state index in [1.54, 1.807) is 11.1 Å². The lowest BCUT2D eigenvalue weighted by atomic mass is 10.0. The van der Waals surface area contributed by atoms with Gasteiger partial charge in [0, 0.05) is 18.1 Å². The molecule has 13 heteroatoms. The van der Waals surface area contributed by atoms with Crippen LogP contribution in [0.1, 0.15) is 29.1 Å². The number of rotatable bonds is 7. The summed E-state index contributed by atoms with van der Waals surface area (Å²) >= 11 is 0. The molecule has 8 nitrogen and oxygen atoms in total. The van der Waals surface area contributed by atoms with Crippen LogP contribution in [-0.2, 0) is 24.0 Å². The molecule has 2 aliphatic rings. The first kappa shape index (κ1) is 26.8. The number of nitrogens with zero attached hydrogens (tertiary/aromatic N) is 5. The Morgan fingerprint density at radius 1 is 1.05 bits per heavy atom. The van der Waals surface area contributed by atoms with Gasteiger partial charge in [0.2, 0.25) is 0 Å². The van der Waals surface area contributed by atoms with E-state index in [1.807, 2.05) is 0 Å². The van der Waals surface area contributed by atoms with Crippen molar-refractivity contribution in [2.45, 2.75) is 25.7 Å². The highest BCUT2D eigenvalue weighted by Gasteiger charge is 2.35. The fourth-order valence-corrected chi connectivity index (χ4v) is 4.69. The topological polar surface area (TPSA) is 88.5 Å². The molecule has 1 unspecified atom stereocenters. The van der Waals surface area contributed by atoms with Gasteiger partial charge in [-0.05, 0) is 48.9 Å². The van der Waals surface area contributed by atoms with Crippen LogP contribution < -0.4 is 4.74 Å². The van der Waals surface area contributed by atoms with Crippen LogP contribution in [0.4, 0.5) is 22.0 Å². The molecule has 0 amide bonds. The molecule has 0 aliphatic carbocycles. The van der Waals surface area contributed by atoms with Gasteiger partial charge in [0.05, 0.1) is 66.4 Å². The van der Waals surface area contributed by atoms with Gasteiger partial charge < -0.3 is 14.5 Å². The van der Waals surface area contributed by atoms with Crippen molar-refractivity contribution in [1.82, 2.24) is 25.2 Å². The minimum atomic E-state index is -4.62. The maximum Gasteiger partial charge on any atom is 0.417 e. The lowest BCUT2D eigenvalue weighted by Crippen LogP contribution is -2.22. The summed E-state index contributed by atoms with van der Waals surface area (Å²) < 4.78 is 80.5. The summed E-state index contributed by atoms with van der Waals surface area (Å²) in [6, 6.07) is 10.7. The molecule has 2 aliphatic heterocycles. The maximum atomic E-state index is 14.2. The molecule has 2 aromatic heterocycles. The molecule has 0 spiro atoms. The van der Waals surface area contributed by atoms with E-state index in [9.17, 15) is 22.0 Å². The fraction of sp³-hybridized carbons (Fsp3) is 0.286. The first-order valence-electron chi connectivity index (χ1n) is 12.8. The number of halogens is 5. The predicted octanol–water partition coefficient (Wildman–Crippen LogP) is 5.60. The molecule has 6 rings (SSSR count). The molecule has 1 saturated heterocycles. The molecule has 4 aromatic rings. The van der Waals surface area contributed by atoms with Gasteiger partial charge in [-0.15, -0.1) is 0 Å². The largest absolute Gasteiger partial charge is 0.493 e. The van der Waals surface area contributed by atoms with Crippen LogP contribution in [0.25, 0.3) is 22.6 Å². The number of hydrogen-bond acceptors (Lipinski definition) is 7. The fourth-order valence-electron chi connectivity index (χ4n) is 4.69. The second-order valence-electron chi connectivity index (χ2n) is 9.77. The van der Waals surface area contributed by atoms with Crippen molar-refractivity contribution in [3.8, 4) is 28.4 Å². The SMILES string of the molecule is Fc1cccc(-c2nc3c([nH]2)C=NN(Cc2ccc(-c4ccc(OCC5CCOC5)cc4C(F)(F)F)nn2)C3)c1F. The standard InChI is InChI=1S/C28H23F5N6O2/c29-22-3-1-2-20(26(22)30)27-35-24-11-34-39(13-25(24)36-27)12-17-4-7-23(38-37-17)19-6-5-18(10-21(19)28(31,32)33)41-15-16-8-9-40-14-16/h1-7,10-11,16H,8-9,12-15H2,(H,35,36). The van der Waals surface area contributed by atoms with E-state index in [0.717, 1.165) is 18.6 Å². The Balaban J connectivity index is 1.15. The predicted molar refractivity (Wildman–Crippen MR) is 138 cm³/mol. The number of H-pyrrole nitrogens is 1. The number of hydrazone groups is 1. The smallest absolute Gasteiger partial charge is 0.417 e. The third-order valence-corrected chi connectivity index (χ3v) is 6.85. The highest BCUT2D eigenvalue weighted by Crippen LogP contribution is 2.38. The molecule has 212 valence electrons. The van der Waals surface area contributed by atoms with Crippen LogP contribution in [0.2, 0.25) is 0 Å². The van der Waals surface area contributed by atoms with E-state index in [2.05, 4.69) is 25.3 Å². The zero-order chi connectivity index (χ0) is 28.6. The molecule has 1 N–H and O–H groups in total. The molecule has 1 fully saturated rings. The van der Waals surface area contributed by atoms with Crippen molar-refractivity contribution in [2.75, 3.05) is 19.8 Å². The molecule has 2 aromatic carbocycles. The normalized spacial score (nSPS) is 16.7. The quantitative estimate of drug-likeness (QED) is 0.291. The van der Waals surface area contributed by atoms with Gasteiger partial charge in [-0.3, -0.25) is 5.01 Å². The second kappa shape index (κ2) is 10.9. The van der Waals surface area contributed by atoms with E-state index < -0.39 is 23.4 Å². The maximum absolute atomic E-state index is 14.2. The van der Waals surface area contributed by atoms with Gasteiger partial charge in [-0.2, -0.15) is 28.5 Å². The Morgan fingerprint density at radius 2 is 1.93 bits per heavy atom. The lowest BCUT2D eigenvalue weighted by Gasteiger charge is -2.20. The second-order valence-corrected chi connectivity index (χ2v) is 9.77. The van der Waals surface area contributed by atoms with Gasteiger partial charge in [0.15, 0.2) is 11.6 Å². The number of aromatic amines is 1. The number of aromatic nitrogens is 4. The summed E-state index contributed by atoms with van der Waals surface area (Å²) in [5, 5.41) is 14.1. The molecule has 1 atom stereocenters. The minimum absolute atomic E-state index is 0.00189. The molecule has 41 heavy (non-hydrogen) atoms. The van der Waals surface area contributed by atoms with Gasteiger partial charge in [0.25, 0.3) is 0 Å². The zero-order valence-corrected chi connectivity index (χ0v) is 21.5. The highest BCUT2D eigenvalue weighted by atomic mass is 19.4. The van der Waals surface area contributed by atoms with E-state index in [0.29, 0.717) is 30.3 Å². The summed E-state index contributed by atoms with van der Waals surface area (Å²) in [5.41, 5.74) is 0.691. The Labute approximate surface area is 230 Å². The third-order valence-electron chi connectivity index (χ3n) is 6.85. The molecule has 0 bridgehead atoms. The Kier molecular flexibility index (Phi) is 7.12. The number of nitrogens with one attached hydrogen (secondary N) is 1. The van der Waals surface area contributed by atoms with E-state index in [-0.39, 0.29) is 54.0 Å². The van der Waals surface area contributed by atoms with Crippen LogP contribution in [0, 0.1) is 17.6 Å². The van der Waals surface area contributed by atoms with Gasteiger partial charge in [-0.1, -0.05) is 6.07 Å². The zero-order valence-electron chi connectivity index (χ0n) is 21.5. The molecule has 0 saturated carbocycles. The van der Waals surface area contributed by atoms with Crippen LogP contribution >= 0.6 is 0 Å². The monoisotopic (exact) mass is 570 g/mol. The lowest BCUT2D eigenvalue weighted by molar-refractivity contribution is -0.137. The van der Waals surface area contributed by atoms with Crippen molar-refractivity contribution >= 4 is 6.21 Å². The number of alkyl halides is 3.